The fraction of sp³-hybridized carbons (Fsp3) is 0.533. The van der Waals surface area contributed by atoms with Gasteiger partial charge in [-0.2, -0.15) is 0 Å². The maximum absolute atomic E-state index is 9.29. The molecule has 0 amide bonds. The number of nitrogens with zero attached hydrogens (tertiary/aromatic N) is 2. The lowest BCUT2D eigenvalue weighted by Gasteiger charge is -2.31. The minimum absolute atomic E-state index is 0.0422. The molecule has 1 aliphatic rings. The van der Waals surface area contributed by atoms with Gasteiger partial charge in [0, 0.05) is 19.7 Å². The van der Waals surface area contributed by atoms with Crippen LogP contribution in [0.1, 0.15) is 24.0 Å². The van der Waals surface area contributed by atoms with Crippen LogP contribution in [0, 0.1) is 5.92 Å². The van der Waals surface area contributed by atoms with Crippen LogP contribution < -0.4 is 10.5 Å². The molecule has 1 unspecified atom stereocenters. The van der Waals surface area contributed by atoms with Crippen LogP contribution in [0.25, 0.3) is 0 Å². The largest absolute Gasteiger partial charge is 0.496 e. The van der Waals surface area contributed by atoms with Gasteiger partial charge in [-0.1, -0.05) is 11.2 Å². The van der Waals surface area contributed by atoms with Gasteiger partial charge in [0.2, 0.25) is 0 Å². The van der Waals surface area contributed by atoms with Crippen molar-refractivity contribution in [1.29, 1.82) is 0 Å². The predicted molar refractivity (Wildman–Crippen MR) is 80.6 cm³/mol. The van der Waals surface area contributed by atoms with Gasteiger partial charge in [0.1, 0.15) is 5.75 Å². The average molecular weight is 293 g/mol. The number of amidine groups is 1. The summed E-state index contributed by atoms with van der Waals surface area (Å²) < 4.78 is 5.23. The Hall–Kier alpha value is -1.79. The quantitative estimate of drug-likeness (QED) is 0.326. The van der Waals surface area contributed by atoms with Gasteiger partial charge >= 0.3 is 0 Å². The fourth-order valence-corrected chi connectivity index (χ4v) is 2.81. The molecule has 116 valence electrons. The van der Waals surface area contributed by atoms with E-state index in [1.165, 1.54) is 0 Å². The normalized spacial score (nSPS) is 20.5. The van der Waals surface area contributed by atoms with Gasteiger partial charge in [-0.15, -0.1) is 0 Å². The number of piperidine rings is 1. The zero-order valence-electron chi connectivity index (χ0n) is 12.3. The first-order valence-electron chi connectivity index (χ1n) is 7.16. The van der Waals surface area contributed by atoms with E-state index in [0.717, 1.165) is 38.0 Å². The molecule has 0 bridgehead atoms. The topological polar surface area (TPSA) is 91.3 Å². The van der Waals surface area contributed by atoms with Crippen LogP contribution in [-0.4, -0.2) is 47.9 Å². The summed E-state index contributed by atoms with van der Waals surface area (Å²) in [6, 6.07) is 5.70. The lowest BCUT2D eigenvalue weighted by molar-refractivity contribution is 0.116. The number of aliphatic hydroxyl groups is 1. The molecule has 0 saturated carbocycles. The molecule has 0 spiro atoms. The molecule has 1 fully saturated rings. The molecule has 1 aromatic carbocycles. The molecule has 6 heteroatoms. The molecule has 1 aliphatic heterocycles. The minimum atomic E-state index is 0.0422. The number of ether oxygens (including phenoxy) is 1. The van der Waals surface area contributed by atoms with E-state index in [4.69, 9.17) is 15.7 Å². The first-order chi connectivity index (χ1) is 10.2. The van der Waals surface area contributed by atoms with E-state index in [-0.39, 0.29) is 12.4 Å². The molecule has 0 radical (unpaired) electrons. The fourth-order valence-electron chi connectivity index (χ4n) is 2.81. The predicted octanol–water partition coefficient (Wildman–Crippen LogP) is 0.994. The number of aliphatic hydroxyl groups excluding tert-OH is 1. The third-order valence-electron chi connectivity index (χ3n) is 3.92. The Morgan fingerprint density at radius 3 is 3.00 bits per heavy atom. The molecule has 1 aromatic rings. The van der Waals surface area contributed by atoms with Gasteiger partial charge in [0.05, 0.1) is 12.7 Å². The summed E-state index contributed by atoms with van der Waals surface area (Å²) in [5.41, 5.74) is 7.36. The highest BCUT2D eigenvalue weighted by Crippen LogP contribution is 2.22. The van der Waals surface area contributed by atoms with E-state index in [1.807, 2.05) is 18.2 Å². The van der Waals surface area contributed by atoms with Crippen molar-refractivity contribution in [2.45, 2.75) is 19.4 Å². The van der Waals surface area contributed by atoms with Crippen LogP contribution in [0.4, 0.5) is 0 Å². The lowest BCUT2D eigenvalue weighted by atomic mass is 9.98. The monoisotopic (exact) mass is 293 g/mol. The van der Waals surface area contributed by atoms with Crippen molar-refractivity contribution in [3.05, 3.63) is 29.3 Å². The van der Waals surface area contributed by atoms with Crippen LogP contribution in [0.5, 0.6) is 5.75 Å². The summed E-state index contributed by atoms with van der Waals surface area (Å²) in [4.78, 5) is 2.32. The molecule has 6 nitrogen and oxygen atoms in total. The maximum Gasteiger partial charge on any atom is 0.173 e. The zero-order valence-corrected chi connectivity index (χ0v) is 12.3. The van der Waals surface area contributed by atoms with Gasteiger partial charge in [0.25, 0.3) is 0 Å². The third kappa shape index (κ3) is 3.86. The number of oxime groups is 1. The van der Waals surface area contributed by atoms with Gasteiger partial charge in [-0.05, 0) is 43.0 Å². The van der Waals surface area contributed by atoms with Crippen molar-refractivity contribution in [3.63, 3.8) is 0 Å². The highest BCUT2D eigenvalue weighted by molar-refractivity contribution is 5.99. The molecule has 2 rings (SSSR count). The number of likely N-dealkylation sites (tertiary alicyclic amines) is 1. The minimum Gasteiger partial charge on any atom is -0.496 e. The Kier molecular flexibility index (Phi) is 5.41. The third-order valence-corrected chi connectivity index (χ3v) is 3.92. The Morgan fingerprint density at radius 2 is 2.33 bits per heavy atom. The lowest BCUT2D eigenvalue weighted by Crippen LogP contribution is -2.36. The van der Waals surface area contributed by atoms with Crippen molar-refractivity contribution in [3.8, 4) is 5.75 Å². The van der Waals surface area contributed by atoms with Gasteiger partial charge in [0.15, 0.2) is 5.84 Å². The molecule has 21 heavy (non-hydrogen) atoms. The number of nitrogens with two attached hydrogens (primary N) is 1. The van der Waals surface area contributed by atoms with E-state index in [9.17, 15) is 5.11 Å². The Labute approximate surface area is 124 Å². The molecule has 0 aliphatic carbocycles. The van der Waals surface area contributed by atoms with Crippen molar-refractivity contribution in [2.24, 2.45) is 16.8 Å². The molecule has 1 heterocycles. The smallest absolute Gasteiger partial charge is 0.173 e. The SMILES string of the molecule is COc1ccc(CN2CCCC(CO)C2)cc1C(N)=NO. The van der Waals surface area contributed by atoms with Crippen molar-refractivity contribution in [2.75, 3.05) is 26.8 Å². The summed E-state index contributed by atoms with van der Waals surface area (Å²) in [6.07, 6.45) is 2.19. The van der Waals surface area contributed by atoms with Crippen LogP contribution in [0.3, 0.4) is 0 Å². The number of hydrogen-bond acceptors (Lipinski definition) is 5. The second kappa shape index (κ2) is 7.28. The van der Waals surface area contributed by atoms with E-state index < -0.39 is 0 Å². The van der Waals surface area contributed by atoms with Gasteiger partial charge in [-0.25, -0.2) is 0 Å². The first-order valence-corrected chi connectivity index (χ1v) is 7.16. The van der Waals surface area contributed by atoms with Crippen molar-refractivity contribution in [1.82, 2.24) is 4.90 Å². The van der Waals surface area contributed by atoms with Gasteiger partial charge < -0.3 is 20.8 Å². The number of benzene rings is 1. The summed E-state index contributed by atoms with van der Waals surface area (Å²) in [5.74, 6) is 0.988. The van der Waals surface area contributed by atoms with E-state index >= 15 is 0 Å². The first kappa shape index (κ1) is 15.6. The standard InChI is InChI=1S/C15H23N3O3/c1-21-14-5-4-11(7-13(14)15(16)17-20)8-18-6-2-3-12(9-18)10-19/h4-5,7,12,19-20H,2-3,6,8-10H2,1H3,(H2,16,17). The van der Waals surface area contributed by atoms with Crippen LogP contribution in [0.15, 0.2) is 23.4 Å². The number of hydrogen-bond donors (Lipinski definition) is 3. The van der Waals surface area contributed by atoms with Crippen LogP contribution >= 0.6 is 0 Å². The van der Waals surface area contributed by atoms with Crippen molar-refractivity contribution < 1.29 is 15.1 Å². The second-order valence-corrected chi connectivity index (χ2v) is 5.45. The summed E-state index contributed by atoms with van der Waals surface area (Å²) in [7, 11) is 1.56. The molecular formula is C15H23N3O3. The molecular weight excluding hydrogens is 270 g/mol. The summed E-state index contributed by atoms with van der Waals surface area (Å²) in [5, 5.41) is 21.2. The Balaban J connectivity index is 2.13. The molecule has 0 aromatic heterocycles. The average Bonchev–Trinajstić information content (AvgIpc) is 2.54. The van der Waals surface area contributed by atoms with Gasteiger partial charge in [-0.3, -0.25) is 4.90 Å². The Bertz CT molecular complexity index is 505. The zero-order chi connectivity index (χ0) is 15.2. The second-order valence-electron chi connectivity index (χ2n) is 5.45. The van der Waals surface area contributed by atoms with Crippen LogP contribution in [0.2, 0.25) is 0 Å². The summed E-state index contributed by atoms with van der Waals surface area (Å²) in [6.45, 7) is 2.96. The van der Waals surface area contributed by atoms with E-state index in [0.29, 0.717) is 17.2 Å². The number of methoxy groups -OCH3 is 1. The highest BCUT2D eigenvalue weighted by Gasteiger charge is 2.19. The molecule has 4 N–H and O–H groups in total. The summed E-state index contributed by atoms with van der Waals surface area (Å²) >= 11 is 0. The Morgan fingerprint density at radius 1 is 1.52 bits per heavy atom. The van der Waals surface area contributed by atoms with E-state index in [1.54, 1.807) is 7.11 Å². The van der Waals surface area contributed by atoms with Crippen LogP contribution in [-0.2, 0) is 6.54 Å². The molecule has 1 saturated heterocycles. The number of rotatable bonds is 5. The molecule has 1 atom stereocenters. The van der Waals surface area contributed by atoms with E-state index in [2.05, 4.69) is 10.1 Å². The maximum atomic E-state index is 9.29. The highest BCUT2D eigenvalue weighted by atomic mass is 16.5. The van der Waals surface area contributed by atoms with Crippen molar-refractivity contribution >= 4 is 5.84 Å².